The first kappa shape index (κ1) is 34.9. The number of benzene rings is 3. The number of hydrogen-bond acceptors (Lipinski definition) is 9. The van der Waals surface area contributed by atoms with Crippen LogP contribution in [-0.4, -0.2) is 67.8 Å². The number of aliphatic hydroxyl groups excluding tert-OH is 1. The smallest absolute Gasteiger partial charge is 0.336 e. The lowest BCUT2D eigenvalue weighted by molar-refractivity contribution is -0.148. The molecule has 0 bridgehead atoms. The predicted octanol–water partition coefficient (Wildman–Crippen LogP) is 8.04. The number of nitrogens with zero attached hydrogens (tertiary/aromatic N) is 2. The molecular formula is C34H46N2O7S2. The quantitative estimate of drug-likeness (QED) is 0.119. The van der Waals surface area contributed by atoms with E-state index in [0.29, 0.717) is 28.6 Å². The third-order valence-electron chi connectivity index (χ3n) is 8.35. The summed E-state index contributed by atoms with van der Waals surface area (Å²) in [5.74, 6) is -0.383. The minimum atomic E-state index is -3.65. The Morgan fingerprint density at radius 3 is 2.22 bits per heavy atom. The van der Waals surface area contributed by atoms with Crippen molar-refractivity contribution in [1.29, 1.82) is 0 Å². The normalized spacial score (nSPS) is 17.2. The second kappa shape index (κ2) is 15.6. The summed E-state index contributed by atoms with van der Waals surface area (Å²) < 4.78 is 38.3. The molecule has 0 saturated carbocycles. The van der Waals surface area contributed by atoms with E-state index < -0.39 is 35.0 Å². The number of hydrogen-bond donors (Lipinski definition) is 4. The van der Waals surface area contributed by atoms with Gasteiger partial charge in [-0.05, 0) is 55.0 Å². The molecule has 0 radical (unpaired) electrons. The van der Waals surface area contributed by atoms with Crippen LogP contribution in [0.15, 0.2) is 76.5 Å². The highest BCUT2D eigenvalue weighted by molar-refractivity contribution is 8.22. The number of unbranched alkanes of at least 4 members (excludes halogenated alkanes) is 2. The fourth-order valence-electron chi connectivity index (χ4n) is 5.86. The molecule has 45 heavy (non-hydrogen) atoms. The van der Waals surface area contributed by atoms with E-state index >= 15 is 0 Å². The molecule has 3 aromatic rings. The van der Waals surface area contributed by atoms with Crippen LogP contribution in [0.5, 0.6) is 11.5 Å². The Hall–Kier alpha value is -2.93. The minimum Gasteiger partial charge on any atom is -0.497 e. The van der Waals surface area contributed by atoms with Crippen LogP contribution in [0.1, 0.15) is 57.9 Å². The second-order valence-electron chi connectivity index (χ2n) is 11.4. The van der Waals surface area contributed by atoms with Crippen LogP contribution in [0.3, 0.4) is 0 Å². The lowest BCUT2D eigenvalue weighted by Crippen LogP contribution is -2.54. The summed E-state index contributed by atoms with van der Waals surface area (Å²) in [5, 5.41) is 19.2. The average molecular weight is 659 g/mol. The number of anilines is 2. The lowest BCUT2D eigenvalue weighted by Gasteiger charge is -2.52. The van der Waals surface area contributed by atoms with Crippen molar-refractivity contribution in [2.75, 3.05) is 31.4 Å². The van der Waals surface area contributed by atoms with Crippen molar-refractivity contribution >= 4 is 39.9 Å². The Morgan fingerprint density at radius 2 is 1.67 bits per heavy atom. The summed E-state index contributed by atoms with van der Waals surface area (Å²) in [6.45, 7) is 4.65. The van der Waals surface area contributed by atoms with Gasteiger partial charge in [0, 0.05) is 24.8 Å². The fourth-order valence-corrected chi connectivity index (χ4v) is 8.47. The van der Waals surface area contributed by atoms with E-state index in [2.05, 4.69) is 18.7 Å². The largest absolute Gasteiger partial charge is 0.497 e. The van der Waals surface area contributed by atoms with Gasteiger partial charge in [0.05, 0.1) is 23.2 Å². The Bertz CT molecular complexity index is 1400. The number of aliphatic hydroxyl groups is 1. The molecule has 0 spiro atoms. The maximum absolute atomic E-state index is 12.6. The van der Waals surface area contributed by atoms with Crippen LogP contribution in [0.4, 0.5) is 11.4 Å². The molecule has 0 fully saturated rings. The van der Waals surface area contributed by atoms with Crippen molar-refractivity contribution in [2.24, 2.45) is 0 Å². The first-order chi connectivity index (χ1) is 21.6. The Balaban J connectivity index is 1.98. The van der Waals surface area contributed by atoms with Crippen molar-refractivity contribution in [3.05, 3.63) is 72.3 Å². The molecule has 11 heteroatoms. The molecule has 1 aliphatic rings. The third kappa shape index (κ3) is 7.90. The van der Waals surface area contributed by atoms with E-state index in [1.165, 1.54) is 11.8 Å². The molecule has 0 saturated heterocycles. The molecule has 0 aliphatic carbocycles. The topological polar surface area (TPSA) is 123 Å². The first-order valence-corrected chi connectivity index (χ1v) is 18.1. The summed E-state index contributed by atoms with van der Waals surface area (Å²) in [7, 11) is -2.03. The number of fused-ring (bicyclic) bond motifs is 1. The van der Waals surface area contributed by atoms with Crippen LogP contribution in [-0.2, 0) is 11.3 Å². The fraction of sp³-hybridized carbons (Fsp3) is 0.441. The molecule has 4 N–H and O–H groups in total. The molecule has 0 aromatic heterocycles. The number of thioether (sulfide) groups is 1. The molecule has 3 aromatic carbocycles. The highest BCUT2D eigenvalue weighted by atomic mass is 32.3. The van der Waals surface area contributed by atoms with Crippen LogP contribution < -0.4 is 14.4 Å². The third-order valence-corrected chi connectivity index (χ3v) is 11.2. The lowest BCUT2D eigenvalue weighted by atomic mass is 9.85. The molecule has 1 unspecified atom stereocenters. The van der Waals surface area contributed by atoms with Gasteiger partial charge in [0.2, 0.25) is 0 Å². The van der Waals surface area contributed by atoms with Crippen molar-refractivity contribution < 1.29 is 33.6 Å². The first-order valence-electron chi connectivity index (χ1n) is 15.4. The molecule has 1 aliphatic heterocycles. The van der Waals surface area contributed by atoms with E-state index in [9.17, 15) is 24.1 Å². The van der Waals surface area contributed by atoms with Gasteiger partial charge in [0.15, 0.2) is 6.10 Å². The van der Waals surface area contributed by atoms with Gasteiger partial charge in [-0.1, -0.05) is 69.9 Å². The molecule has 9 nitrogen and oxygen atoms in total. The van der Waals surface area contributed by atoms with E-state index in [1.807, 2.05) is 71.2 Å². The Kier molecular flexibility index (Phi) is 12.1. The number of carbonyl (C=O) groups is 1. The van der Waals surface area contributed by atoms with Crippen molar-refractivity contribution in [1.82, 2.24) is 4.31 Å². The van der Waals surface area contributed by atoms with E-state index in [0.717, 1.165) is 55.5 Å². The SMILES string of the molecule is CCCCC1(CCCC)CN(c2ccccc2)c2cc(SC)c(OCC(O)C(=O)O)cc2S(O)(O)N1Cc1ccc(OC)cc1. The number of carboxylic acid groups (broad SMARTS) is 1. The van der Waals surface area contributed by atoms with Gasteiger partial charge in [0.25, 0.3) is 0 Å². The van der Waals surface area contributed by atoms with E-state index in [1.54, 1.807) is 13.2 Å². The maximum atomic E-state index is 12.6. The summed E-state index contributed by atoms with van der Waals surface area (Å²) in [6.07, 6.45) is 5.43. The molecule has 1 atom stereocenters. The van der Waals surface area contributed by atoms with Crippen molar-refractivity contribution in [3.8, 4) is 11.5 Å². The highest BCUT2D eigenvalue weighted by Gasteiger charge is 2.49. The van der Waals surface area contributed by atoms with Gasteiger partial charge in [-0.3, -0.25) is 9.11 Å². The standard InChI is InChI=1S/C34H46N2O7S2/c1-5-7-18-34(19-8-6-2)24-35(26-12-10-9-11-13-26)28-20-31(44-4)30(43-23-29(37)33(38)39)21-32(28)45(40,41)36(34)22-25-14-16-27(42-3)17-15-25/h9-17,20-21,29,37,40-41H,5-8,18-19,22-24H2,1-4H3,(H,38,39). The Morgan fingerprint density at radius 1 is 1.02 bits per heavy atom. The van der Waals surface area contributed by atoms with Crippen molar-refractivity contribution in [2.45, 2.75) is 80.4 Å². The number of ether oxygens (including phenoxy) is 2. The minimum absolute atomic E-state index is 0.286. The molecule has 1 heterocycles. The van der Waals surface area contributed by atoms with Gasteiger partial charge >= 0.3 is 5.97 Å². The van der Waals surface area contributed by atoms with Crippen LogP contribution in [0, 0.1) is 0 Å². The van der Waals surface area contributed by atoms with Crippen LogP contribution >= 0.6 is 22.5 Å². The van der Waals surface area contributed by atoms with Gasteiger partial charge < -0.3 is 24.6 Å². The van der Waals surface area contributed by atoms with Gasteiger partial charge in [-0.2, -0.15) is 4.31 Å². The van der Waals surface area contributed by atoms with Gasteiger partial charge in [-0.25, -0.2) is 4.79 Å². The second-order valence-corrected chi connectivity index (χ2v) is 14.2. The zero-order valence-electron chi connectivity index (χ0n) is 26.5. The number of carboxylic acids is 1. The maximum Gasteiger partial charge on any atom is 0.336 e. The average Bonchev–Trinajstić information content (AvgIpc) is 3.13. The summed E-state index contributed by atoms with van der Waals surface area (Å²) in [6, 6.07) is 21.2. The number of methoxy groups -OCH3 is 1. The monoisotopic (exact) mass is 658 g/mol. The Labute approximate surface area is 272 Å². The summed E-state index contributed by atoms with van der Waals surface area (Å²) in [5.41, 5.74) is 1.90. The summed E-state index contributed by atoms with van der Waals surface area (Å²) in [4.78, 5) is 14.5. The molecule has 0 amide bonds. The van der Waals surface area contributed by atoms with Gasteiger partial charge in [-0.15, -0.1) is 22.5 Å². The molecule has 4 rings (SSSR count). The zero-order chi connectivity index (χ0) is 32.6. The summed E-state index contributed by atoms with van der Waals surface area (Å²) >= 11 is 1.41. The number of aliphatic carboxylic acids is 1. The van der Waals surface area contributed by atoms with E-state index in [4.69, 9.17) is 9.47 Å². The number of para-hydroxylation sites is 1. The predicted molar refractivity (Wildman–Crippen MR) is 182 cm³/mol. The van der Waals surface area contributed by atoms with Gasteiger partial charge in [0.1, 0.15) is 23.0 Å². The van der Waals surface area contributed by atoms with Crippen LogP contribution in [0.2, 0.25) is 0 Å². The number of rotatable bonds is 15. The molecular weight excluding hydrogens is 613 g/mol. The molecule has 246 valence electrons. The van der Waals surface area contributed by atoms with Crippen LogP contribution in [0.25, 0.3) is 0 Å². The highest BCUT2D eigenvalue weighted by Crippen LogP contribution is 2.64. The van der Waals surface area contributed by atoms with E-state index in [-0.39, 0.29) is 5.75 Å². The zero-order valence-corrected chi connectivity index (χ0v) is 28.1. The van der Waals surface area contributed by atoms with Crippen molar-refractivity contribution in [3.63, 3.8) is 0 Å².